The molecule has 0 rings (SSSR count). The van der Waals surface area contributed by atoms with Crippen LogP contribution in [0.25, 0.3) is 0 Å². The highest BCUT2D eigenvalue weighted by atomic mass is 16.5. The van der Waals surface area contributed by atoms with Crippen molar-refractivity contribution in [3.8, 4) is 0 Å². The molecule has 3 nitrogen and oxygen atoms in total. The summed E-state index contributed by atoms with van der Waals surface area (Å²) in [6.45, 7) is 7.18. The van der Waals surface area contributed by atoms with E-state index in [0.29, 0.717) is 0 Å². The summed E-state index contributed by atoms with van der Waals surface area (Å²) in [7, 11) is 0. The van der Waals surface area contributed by atoms with Crippen molar-refractivity contribution in [2.75, 3.05) is 0 Å². The van der Waals surface area contributed by atoms with Crippen molar-refractivity contribution in [2.24, 2.45) is 0 Å². The van der Waals surface area contributed by atoms with Gasteiger partial charge >= 0.3 is 5.97 Å². The molecule has 0 unspecified atom stereocenters. The molecule has 0 amide bonds. The van der Waals surface area contributed by atoms with Crippen LogP contribution in [-0.4, -0.2) is 17.9 Å². The third-order valence-electron chi connectivity index (χ3n) is 1.27. The first-order chi connectivity index (χ1) is 5.93. The number of esters is 1. The summed E-state index contributed by atoms with van der Waals surface area (Å²) in [4.78, 5) is 22.0. The van der Waals surface area contributed by atoms with Gasteiger partial charge in [0, 0.05) is 6.42 Å². The van der Waals surface area contributed by atoms with Gasteiger partial charge in [-0.3, -0.25) is 4.79 Å². The van der Waals surface area contributed by atoms with E-state index in [1.165, 1.54) is 0 Å². The van der Waals surface area contributed by atoms with Crippen LogP contribution in [0.5, 0.6) is 0 Å². The lowest BCUT2D eigenvalue weighted by Gasteiger charge is -2.05. The van der Waals surface area contributed by atoms with E-state index in [1.54, 1.807) is 19.9 Å². The molecule has 74 valence electrons. The van der Waals surface area contributed by atoms with Crippen molar-refractivity contribution in [1.29, 1.82) is 0 Å². The van der Waals surface area contributed by atoms with E-state index >= 15 is 0 Å². The number of carbonyl (C=O) groups is 2. The average molecular weight is 184 g/mol. The summed E-state index contributed by atoms with van der Waals surface area (Å²) >= 11 is 0. The quantitative estimate of drug-likeness (QED) is 0.380. The fraction of sp³-hybridized carbons (Fsp3) is 0.600. The molecule has 3 heteroatoms. The molecule has 0 bridgehead atoms. The van der Waals surface area contributed by atoms with Crippen LogP contribution in [0, 0.1) is 0 Å². The van der Waals surface area contributed by atoms with E-state index in [0.717, 1.165) is 5.57 Å². The van der Waals surface area contributed by atoms with Crippen LogP contribution in [0.1, 0.15) is 34.1 Å². The minimum atomic E-state index is -0.743. The molecular weight excluding hydrogens is 168 g/mol. The molecule has 0 N–H and O–H groups in total. The van der Waals surface area contributed by atoms with Gasteiger partial charge in [0.25, 0.3) is 0 Å². The summed E-state index contributed by atoms with van der Waals surface area (Å²) in [6.07, 6.45) is 1.61. The maximum absolute atomic E-state index is 11.1. The zero-order chi connectivity index (χ0) is 10.4. The van der Waals surface area contributed by atoms with E-state index in [2.05, 4.69) is 0 Å². The van der Waals surface area contributed by atoms with E-state index in [9.17, 15) is 9.59 Å². The topological polar surface area (TPSA) is 43.4 Å². The Kier molecular flexibility index (Phi) is 5.04. The number of Topliss-reactive ketones (excluding diaryl/α,β-unsaturated/α-hetero) is 1. The van der Waals surface area contributed by atoms with Crippen molar-refractivity contribution in [3.05, 3.63) is 11.6 Å². The van der Waals surface area contributed by atoms with Crippen LogP contribution >= 0.6 is 0 Å². The smallest absolute Gasteiger partial charge is 0.375 e. The zero-order valence-electron chi connectivity index (χ0n) is 8.59. The van der Waals surface area contributed by atoms with Crippen molar-refractivity contribution in [1.82, 2.24) is 0 Å². The molecule has 0 aromatic heterocycles. The second kappa shape index (κ2) is 5.51. The van der Waals surface area contributed by atoms with Gasteiger partial charge in [-0.2, -0.15) is 0 Å². The molecule has 0 aliphatic rings. The Morgan fingerprint density at radius 3 is 2.23 bits per heavy atom. The van der Waals surface area contributed by atoms with Crippen molar-refractivity contribution >= 4 is 11.8 Å². The number of carbonyl (C=O) groups excluding carboxylic acids is 2. The molecule has 0 spiro atoms. The third kappa shape index (κ3) is 6.08. The highest BCUT2D eigenvalue weighted by molar-refractivity contribution is 6.33. The van der Waals surface area contributed by atoms with Gasteiger partial charge in [-0.05, 0) is 27.7 Å². The van der Waals surface area contributed by atoms with Gasteiger partial charge in [0.05, 0.1) is 6.10 Å². The predicted octanol–water partition coefficient (Wildman–Crippen LogP) is 1.86. The number of ether oxygens (including phenoxy) is 1. The Hall–Kier alpha value is -1.12. The first kappa shape index (κ1) is 11.9. The Bertz CT molecular complexity index is 222. The van der Waals surface area contributed by atoms with Gasteiger partial charge in [-0.15, -0.1) is 0 Å². The minimum Gasteiger partial charge on any atom is -0.457 e. The fourth-order valence-electron chi connectivity index (χ4n) is 0.660. The minimum absolute atomic E-state index is 0.133. The van der Waals surface area contributed by atoms with Gasteiger partial charge in [-0.1, -0.05) is 11.6 Å². The monoisotopic (exact) mass is 184 g/mol. The van der Waals surface area contributed by atoms with Crippen LogP contribution in [0.4, 0.5) is 0 Å². The van der Waals surface area contributed by atoms with Crippen molar-refractivity contribution in [2.45, 2.75) is 40.2 Å². The van der Waals surface area contributed by atoms with Gasteiger partial charge in [0.1, 0.15) is 0 Å². The summed E-state index contributed by atoms with van der Waals surface area (Å²) in [5.41, 5.74) is 1.02. The third-order valence-corrected chi connectivity index (χ3v) is 1.27. The SMILES string of the molecule is CC(C)=CCC(=O)C(=O)OC(C)C. The van der Waals surface area contributed by atoms with Crippen LogP contribution in [-0.2, 0) is 14.3 Å². The second-order valence-electron chi connectivity index (χ2n) is 3.36. The standard InChI is InChI=1S/C10H16O3/c1-7(2)5-6-9(11)10(12)13-8(3)4/h5,8H,6H2,1-4H3. The van der Waals surface area contributed by atoms with Crippen molar-refractivity contribution in [3.63, 3.8) is 0 Å². The molecule has 13 heavy (non-hydrogen) atoms. The van der Waals surface area contributed by atoms with E-state index in [4.69, 9.17) is 4.74 Å². The first-order valence-corrected chi connectivity index (χ1v) is 4.30. The van der Waals surface area contributed by atoms with Gasteiger partial charge < -0.3 is 4.74 Å². The number of ketones is 1. The fourth-order valence-corrected chi connectivity index (χ4v) is 0.660. The number of hydrogen-bond acceptors (Lipinski definition) is 3. The van der Waals surface area contributed by atoms with Crippen LogP contribution in [0.3, 0.4) is 0 Å². The van der Waals surface area contributed by atoms with E-state index in [-0.39, 0.29) is 12.5 Å². The highest BCUT2D eigenvalue weighted by Crippen LogP contribution is 1.97. The molecule has 0 fully saturated rings. The Morgan fingerprint density at radius 1 is 1.31 bits per heavy atom. The van der Waals surface area contributed by atoms with Gasteiger partial charge in [0.2, 0.25) is 5.78 Å². The average Bonchev–Trinajstić information content (AvgIpc) is 1.98. The maximum atomic E-state index is 11.1. The number of hydrogen-bond donors (Lipinski definition) is 0. The summed E-state index contributed by atoms with van der Waals surface area (Å²) < 4.78 is 4.73. The molecule has 0 aliphatic carbocycles. The Labute approximate surface area is 78.8 Å². The van der Waals surface area contributed by atoms with Gasteiger partial charge in [-0.25, -0.2) is 4.79 Å². The second-order valence-corrected chi connectivity index (χ2v) is 3.36. The molecule has 0 aliphatic heterocycles. The largest absolute Gasteiger partial charge is 0.457 e. The molecule has 0 aromatic rings. The lowest BCUT2D eigenvalue weighted by molar-refractivity contribution is -0.156. The molecule has 0 atom stereocenters. The Balaban J connectivity index is 3.98. The molecule has 0 radical (unpaired) electrons. The van der Waals surface area contributed by atoms with Crippen molar-refractivity contribution < 1.29 is 14.3 Å². The summed E-state index contributed by atoms with van der Waals surface area (Å²) in [6, 6.07) is 0. The highest BCUT2D eigenvalue weighted by Gasteiger charge is 2.14. The first-order valence-electron chi connectivity index (χ1n) is 4.30. The Morgan fingerprint density at radius 2 is 1.85 bits per heavy atom. The molecule has 0 saturated carbocycles. The molecule has 0 heterocycles. The maximum Gasteiger partial charge on any atom is 0.375 e. The zero-order valence-corrected chi connectivity index (χ0v) is 8.59. The van der Waals surface area contributed by atoms with Crippen LogP contribution in [0.15, 0.2) is 11.6 Å². The molecule has 0 saturated heterocycles. The molecular formula is C10H16O3. The summed E-state index contributed by atoms with van der Waals surface area (Å²) in [5.74, 6) is -1.23. The van der Waals surface area contributed by atoms with Crippen LogP contribution in [0.2, 0.25) is 0 Å². The number of allylic oxidation sites excluding steroid dienone is 2. The van der Waals surface area contributed by atoms with E-state index < -0.39 is 11.8 Å². The summed E-state index contributed by atoms with van der Waals surface area (Å²) in [5, 5.41) is 0. The lowest BCUT2D eigenvalue weighted by atomic mass is 10.2. The van der Waals surface area contributed by atoms with Crippen LogP contribution < -0.4 is 0 Å². The predicted molar refractivity (Wildman–Crippen MR) is 50.3 cm³/mol. The van der Waals surface area contributed by atoms with Gasteiger partial charge in [0.15, 0.2) is 0 Å². The van der Waals surface area contributed by atoms with E-state index in [1.807, 2.05) is 13.8 Å². The lowest BCUT2D eigenvalue weighted by Crippen LogP contribution is -2.20. The normalized spacial score (nSPS) is 9.62. The number of rotatable bonds is 4. The molecule has 0 aromatic carbocycles.